The molecule has 0 spiro atoms. The third kappa shape index (κ3) is 2.94. The number of rotatable bonds is 5. The molecule has 1 amide bonds. The van der Waals surface area contributed by atoms with Crippen molar-refractivity contribution in [1.29, 1.82) is 0 Å². The molecule has 0 aliphatic carbocycles. The number of unbranched alkanes of at least 4 members (excludes halogenated alkanes) is 1. The molecule has 0 bridgehead atoms. The second-order valence-corrected chi connectivity index (χ2v) is 4.12. The molecular formula is C10H17NO2S. The maximum Gasteiger partial charge on any atom is 0.264 e. The van der Waals surface area contributed by atoms with E-state index in [1.807, 2.05) is 11.8 Å². The van der Waals surface area contributed by atoms with E-state index in [-0.39, 0.29) is 5.91 Å². The smallest absolute Gasteiger partial charge is 0.264 e. The topological polar surface area (TPSA) is 29.5 Å². The molecule has 0 aromatic heterocycles. The molecule has 3 nitrogen and oxygen atoms in total. The van der Waals surface area contributed by atoms with Crippen molar-refractivity contribution in [1.82, 2.24) is 4.90 Å². The lowest BCUT2D eigenvalue weighted by molar-refractivity contribution is -0.124. The van der Waals surface area contributed by atoms with Crippen LogP contribution in [0.4, 0.5) is 0 Å². The molecule has 0 radical (unpaired) electrons. The van der Waals surface area contributed by atoms with Crippen LogP contribution in [0, 0.1) is 0 Å². The first kappa shape index (κ1) is 11.4. The average molecular weight is 215 g/mol. The van der Waals surface area contributed by atoms with Crippen LogP contribution in [0.1, 0.15) is 26.7 Å². The van der Waals surface area contributed by atoms with Gasteiger partial charge in [0.2, 0.25) is 0 Å². The largest absolute Gasteiger partial charge is 0.500 e. The van der Waals surface area contributed by atoms with Gasteiger partial charge in [-0.05, 0) is 13.3 Å². The molecule has 4 heteroatoms. The van der Waals surface area contributed by atoms with Crippen LogP contribution in [0.3, 0.4) is 0 Å². The van der Waals surface area contributed by atoms with E-state index in [9.17, 15) is 4.79 Å². The van der Waals surface area contributed by atoms with Crippen molar-refractivity contribution in [2.24, 2.45) is 0 Å². The highest BCUT2D eigenvalue weighted by atomic mass is 32.2. The first-order valence-electron chi connectivity index (χ1n) is 5.03. The standard InChI is InChI=1S/C10H17NO2S/c1-3-5-6-11-8-14-9(10(11)12)7-13-4-2/h7H,3-6,8H2,1-2H3. The van der Waals surface area contributed by atoms with Crippen LogP contribution in [0.5, 0.6) is 0 Å². The van der Waals surface area contributed by atoms with Crippen molar-refractivity contribution in [3.8, 4) is 0 Å². The normalized spacial score (nSPS) is 19.4. The van der Waals surface area contributed by atoms with Crippen molar-refractivity contribution in [2.45, 2.75) is 26.7 Å². The number of nitrogens with zero attached hydrogens (tertiary/aromatic N) is 1. The highest BCUT2D eigenvalue weighted by molar-refractivity contribution is 8.04. The summed E-state index contributed by atoms with van der Waals surface area (Å²) in [4.78, 5) is 14.3. The van der Waals surface area contributed by atoms with Gasteiger partial charge >= 0.3 is 0 Å². The summed E-state index contributed by atoms with van der Waals surface area (Å²) in [6.45, 7) is 5.53. The number of carbonyl (C=O) groups excluding carboxylic acids is 1. The van der Waals surface area contributed by atoms with Crippen LogP contribution in [-0.4, -0.2) is 29.8 Å². The minimum absolute atomic E-state index is 0.122. The maximum atomic E-state index is 11.7. The fraction of sp³-hybridized carbons (Fsp3) is 0.700. The van der Waals surface area contributed by atoms with Gasteiger partial charge in [-0.3, -0.25) is 4.79 Å². The van der Waals surface area contributed by atoms with Gasteiger partial charge in [0, 0.05) is 6.54 Å². The number of hydrogen-bond donors (Lipinski definition) is 0. The Hall–Kier alpha value is -0.640. The first-order valence-corrected chi connectivity index (χ1v) is 6.02. The van der Waals surface area contributed by atoms with Gasteiger partial charge in [-0.1, -0.05) is 25.1 Å². The molecule has 0 atom stereocenters. The molecule has 0 aromatic rings. The van der Waals surface area contributed by atoms with Crippen molar-refractivity contribution in [3.63, 3.8) is 0 Å². The number of amides is 1. The van der Waals surface area contributed by atoms with Crippen molar-refractivity contribution in [2.75, 3.05) is 19.0 Å². The van der Waals surface area contributed by atoms with Crippen LogP contribution >= 0.6 is 11.8 Å². The summed E-state index contributed by atoms with van der Waals surface area (Å²) in [5.41, 5.74) is 0. The Morgan fingerprint density at radius 3 is 3.00 bits per heavy atom. The molecule has 0 aromatic carbocycles. The maximum absolute atomic E-state index is 11.7. The van der Waals surface area contributed by atoms with Crippen molar-refractivity contribution >= 4 is 17.7 Å². The molecule has 1 rings (SSSR count). The van der Waals surface area contributed by atoms with Gasteiger partial charge in [0.25, 0.3) is 5.91 Å². The van der Waals surface area contributed by atoms with E-state index in [4.69, 9.17) is 4.74 Å². The predicted molar refractivity (Wildman–Crippen MR) is 58.8 cm³/mol. The third-order valence-electron chi connectivity index (χ3n) is 2.01. The Kier molecular flexibility index (Phi) is 4.87. The van der Waals surface area contributed by atoms with E-state index in [1.165, 1.54) is 0 Å². The molecular weight excluding hydrogens is 198 g/mol. The average Bonchev–Trinajstić information content (AvgIpc) is 2.54. The van der Waals surface area contributed by atoms with E-state index < -0.39 is 0 Å². The van der Waals surface area contributed by atoms with Crippen LogP contribution in [-0.2, 0) is 9.53 Å². The highest BCUT2D eigenvalue weighted by Crippen LogP contribution is 2.27. The predicted octanol–water partition coefficient (Wildman–Crippen LogP) is 2.20. The summed E-state index contributed by atoms with van der Waals surface area (Å²) in [5, 5.41) is 0. The lowest BCUT2D eigenvalue weighted by Crippen LogP contribution is -2.26. The van der Waals surface area contributed by atoms with Gasteiger partial charge in [-0.15, -0.1) is 0 Å². The quantitative estimate of drug-likeness (QED) is 0.520. The summed E-state index contributed by atoms with van der Waals surface area (Å²) < 4.78 is 5.11. The van der Waals surface area contributed by atoms with E-state index in [1.54, 1.807) is 18.0 Å². The van der Waals surface area contributed by atoms with Gasteiger partial charge in [0.1, 0.15) is 11.2 Å². The fourth-order valence-electron chi connectivity index (χ4n) is 1.18. The molecule has 1 aliphatic rings. The van der Waals surface area contributed by atoms with Crippen molar-refractivity contribution < 1.29 is 9.53 Å². The molecule has 0 saturated carbocycles. The van der Waals surface area contributed by atoms with Crippen molar-refractivity contribution in [3.05, 3.63) is 11.2 Å². The van der Waals surface area contributed by atoms with Crippen LogP contribution in [0.15, 0.2) is 11.2 Å². The zero-order valence-electron chi connectivity index (χ0n) is 8.78. The summed E-state index contributed by atoms with van der Waals surface area (Å²) >= 11 is 1.56. The minimum atomic E-state index is 0.122. The molecule has 0 unspecified atom stereocenters. The first-order chi connectivity index (χ1) is 6.79. The Morgan fingerprint density at radius 1 is 1.57 bits per heavy atom. The summed E-state index contributed by atoms with van der Waals surface area (Å²) in [5.74, 6) is 0.898. The number of hydrogen-bond acceptors (Lipinski definition) is 3. The zero-order valence-corrected chi connectivity index (χ0v) is 9.60. The summed E-state index contributed by atoms with van der Waals surface area (Å²) in [6.07, 6.45) is 3.78. The molecule has 0 N–H and O–H groups in total. The van der Waals surface area contributed by atoms with E-state index in [0.29, 0.717) is 6.61 Å². The highest BCUT2D eigenvalue weighted by Gasteiger charge is 2.26. The Bertz CT molecular complexity index is 228. The zero-order chi connectivity index (χ0) is 10.4. The minimum Gasteiger partial charge on any atom is -0.500 e. The Labute approximate surface area is 89.5 Å². The van der Waals surface area contributed by atoms with E-state index in [2.05, 4.69) is 6.92 Å². The molecule has 80 valence electrons. The second kappa shape index (κ2) is 5.96. The number of carbonyl (C=O) groups is 1. The summed E-state index contributed by atoms with van der Waals surface area (Å²) in [7, 11) is 0. The van der Waals surface area contributed by atoms with Gasteiger partial charge in [-0.25, -0.2) is 0 Å². The van der Waals surface area contributed by atoms with Gasteiger partial charge in [-0.2, -0.15) is 0 Å². The molecule has 1 saturated heterocycles. The second-order valence-electron chi connectivity index (χ2n) is 3.13. The Morgan fingerprint density at radius 2 is 2.36 bits per heavy atom. The molecule has 1 aliphatic heterocycles. The SMILES string of the molecule is CCCCN1CSC(=COCC)C1=O. The van der Waals surface area contributed by atoms with Gasteiger partial charge in [0.05, 0.1) is 12.5 Å². The van der Waals surface area contributed by atoms with E-state index >= 15 is 0 Å². The lowest BCUT2D eigenvalue weighted by atomic mass is 10.3. The van der Waals surface area contributed by atoms with Gasteiger partial charge in [0.15, 0.2) is 0 Å². The van der Waals surface area contributed by atoms with Crippen LogP contribution < -0.4 is 0 Å². The van der Waals surface area contributed by atoms with Gasteiger partial charge < -0.3 is 9.64 Å². The number of thioether (sulfide) groups is 1. The van der Waals surface area contributed by atoms with Crippen LogP contribution in [0.2, 0.25) is 0 Å². The fourth-order valence-corrected chi connectivity index (χ4v) is 2.11. The summed E-state index contributed by atoms with van der Waals surface area (Å²) in [6, 6.07) is 0. The van der Waals surface area contributed by atoms with E-state index in [0.717, 1.165) is 30.2 Å². The third-order valence-corrected chi connectivity index (χ3v) is 3.04. The molecule has 1 heterocycles. The monoisotopic (exact) mass is 215 g/mol. The molecule has 14 heavy (non-hydrogen) atoms. The Balaban J connectivity index is 2.42. The van der Waals surface area contributed by atoms with Crippen LogP contribution in [0.25, 0.3) is 0 Å². The molecule has 1 fully saturated rings. The number of ether oxygens (including phenoxy) is 1. The lowest BCUT2D eigenvalue weighted by Gasteiger charge is -2.12.